The van der Waals surface area contributed by atoms with Crippen LogP contribution in [0.15, 0.2) is 6.20 Å². The Morgan fingerprint density at radius 2 is 2.36 bits per heavy atom. The molecule has 4 nitrogen and oxygen atoms in total. The third-order valence-electron chi connectivity index (χ3n) is 2.11. The molecular formula is C9H9ClN2O2. The van der Waals surface area contributed by atoms with Crippen LogP contribution in [0.3, 0.4) is 0 Å². The maximum atomic E-state index is 10.4. The molecule has 1 aromatic rings. The van der Waals surface area contributed by atoms with Crippen LogP contribution >= 0.6 is 11.6 Å². The Morgan fingerprint density at radius 1 is 1.64 bits per heavy atom. The van der Waals surface area contributed by atoms with E-state index in [1.807, 2.05) is 0 Å². The maximum Gasteiger partial charge on any atom is 0.307 e. The highest BCUT2D eigenvalue weighted by Crippen LogP contribution is 2.38. The lowest BCUT2D eigenvalue weighted by Gasteiger charge is -2.01. The van der Waals surface area contributed by atoms with Gasteiger partial charge >= 0.3 is 5.97 Å². The van der Waals surface area contributed by atoms with Crippen molar-refractivity contribution in [2.24, 2.45) is 0 Å². The fourth-order valence-electron chi connectivity index (χ4n) is 1.22. The first-order valence-electron chi connectivity index (χ1n) is 4.40. The SMILES string of the molecule is O=C(O)Cc1cnc(C2CC2)nc1Cl. The molecule has 0 aromatic carbocycles. The number of aromatic nitrogens is 2. The highest BCUT2D eigenvalue weighted by molar-refractivity contribution is 6.30. The second kappa shape index (κ2) is 3.53. The molecule has 1 N–H and O–H groups in total. The molecule has 0 aliphatic heterocycles. The van der Waals surface area contributed by atoms with Crippen LogP contribution in [0.2, 0.25) is 5.15 Å². The molecule has 14 heavy (non-hydrogen) atoms. The Balaban J connectivity index is 2.21. The molecular weight excluding hydrogens is 204 g/mol. The van der Waals surface area contributed by atoms with Gasteiger partial charge in [0.2, 0.25) is 0 Å². The van der Waals surface area contributed by atoms with E-state index < -0.39 is 5.97 Å². The first-order chi connectivity index (χ1) is 6.66. The molecule has 74 valence electrons. The van der Waals surface area contributed by atoms with Gasteiger partial charge in [-0.1, -0.05) is 11.6 Å². The van der Waals surface area contributed by atoms with E-state index in [-0.39, 0.29) is 11.6 Å². The van der Waals surface area contributed by atoms with E-state index in [1.165, 1.54) is 6.20 Å². The molecule has 5 heteroatoms. The number of nitrogens with zero attached hydrogens (tertiary/aromatic N) is 2. The van der Waals surface area contributed by atoms with E-state index >= 15 is 0 Å². The van der Waals surface area contributed by atoms with E-state index in [0.29, 0.717) is 11.5 Å². The van der Waals surface area contributed by atoms with Gasteiger partial charge in [-0.25, -0.2) is 9.97 Å². The Morgan fingerprint density at radius 3 is 2.86 bits per heavy atom. The van der Waals surface area contributed by atoms with E-state index in [1.54, 1.807) is 0 Å². The zero-order valence-corrected chi connectivity index (χ0v) is 8.16. The van der Waals surface area contributed by atoms with Gasteiger partial charge in [0.25, 0.3) is 0 Å². The van der Waals surface area contributed by atoms with Crippen molar-refractivity contribution >= 4 is 17.6 Å². The standard InChI is InChI=1S/C9H9ClN2O2/c10-8-6(3-7(13)14)4-11-9(12-8)5-1-2-5/h4-5H,1-3H2,(H,13,14). The maximum absolute atomic E-state index is 10.4. The zero-order valence-electron chi connectivity index (χ0n) is 7.40. The summed E-state index contributed by atoms with van der Waals surface area (Å²) < 4.78 is 0. The van der Waals surface area contributed by atoms with Crippen LogP contribution in [-0.4, -0.2) is 21.0 Å². The summed E-state index contributed by atoms with van der Waals surface area (Å²) in [5.74, 6) is 0.255. The van der Waals surface area contributed by atoms with Crippen molar-refractivity contribution in [2.75, 3.05) is 0 Å². The molecule has 1 aliphatic rings. The third-order valence-corrected chi connectivity index (χ3v) is 2.44. The number of aliphatic carboxylic acids is 1. The number of hydrogen-bond acceptors (Lipinski definition) is 3. The van der Waals surface area contributed by atoms with Crippen molar-refractivity contribution in [2.45, 2.75) is 25.2 Å². The molecule has 1 aliphatic carbocycles. The van der Waals surface area contributed by atoms with Gasteiger partial charge in [0.05, 0.1) is 6.42 Å². The molecule has 0 radical (unpaired) electrons. The Hall–Kier alpha value is -1.16. The highest BCUT2D eigenvalue weighted by Gasteiger charge is 2.27. The number of rotatable bonds is 3. The van der Waals surface area contributed by atoms with Gasteiger partial charge in [-0.2, -0.15) is 0 Å². The molecule has 0 amide bonds. The summed E-state index contributed by atoms with van der Waals surface area (Å²) in [5, 5.41) is 8.84. The molecule has 0 saturated heterocycles. The monoisotopic (exact) mass is 212 g/mol. The lowest BCUT2D eigenvalue weighted by molar-refractivity contribution is -0.136. The van der Waals surface area contributed by atoms with Crippen molar-refractivity contribution in [1.82, 2.24) is 9.97 Å². The van der Waals surface area contributed by atoms with E-state index in [4.69, 9.17) is 16.7 Å². The van der Waals surface area contributed by atoms with Crippen molar-refractivity contribution in [3.05, 3.63) is 22.7 Å². The molecule has 1 heterocycles. The second-order valence-corrected chi connectivity index (χ2v) is 3.75. The van der Waals surface area contributed by atoms with Crippen LogP contribution in [-0.2, 0) is 11.2 Å². The molecule has 1 saturated carbocycles. The minimum absolute atomic E-state index is 0.121. The van der Waals surface area contributed by atoms with Gasteiger partial charge in [-0.15, -0.1) is 0 Å². The lowest BCUT2D eigenvalue weighted by Crippen LogP contribution is -2.04. The molecule has 0 bridgehead atoms. The predicted octanol–water partition coefficient (Wildman–Crippen LogP) is 1.63. The van der Waals surface area contributed by atoms with Crippen LogP contribution in [0, 0.1) is 0 Å². The fourth-order valence-corrected chi connectivity index (χ4v) is 1.42. The molecule has 0 atom stereocenters. The topological polar surface area (TPSA) is 63.1 Å². The van der Waals surface area contributed by atoms with Crippen LogP contribution in [0.5, 0.6) is 0 Å². The summed E-state index contributed by atoms with van der Waals surface area (Å²) in [6.45, 7) is 0. The molecule has 1 aromatic heterocycles. The molecule has 1 fully saturated rings. The van der Waals surface area contributed by atoms with Gasteiger partial charge in [-0.3, -0.25) is 4.79 Å². The van der Waals surface area contributed by atoms with Gasteiger partial charge in [0.1, 0.15) is 11.0 Å². The number of halogens is 1. The summed E-state index contributed by atoms with van der Waals surface area (Å²) in [4.78, 5) is 18.6. The smallest absolute Gasteiger partial charge is 0.307 e. The van der Waals surface area contributed by atoms with Crippen molar-refractivity contribution in [3.63, 3.8) is 0 Å². The van der Waals surface area contributed by atoms with Crippen LogP contribution in [0.4, 0.5) is 0 Å². The molecule has 0 unspecified atom stereocenters. The van der Waals surface area contributed by atoms with Crippen LogP contribution < -0.4 is 0 Å². The average Bonchev–Trinajstić information content (AvgIpc) is 2.90. The first kappa shape index (κ1) is 9.40. The van der Waals surface area contributed by atoms with E-state index in [0.717, 1.165) is 18.7 Å². The Kier molecular flexibility index (Phi) is 2.37. The quantitative estimate of drug-likeness (QED) is 0.774. The fraction of sp³-hybridized carbons (Fsp3) is 0.444. The van der Waals surface area contributed by atoms with E-state index in [2.05, 4.69) is 9.97 Å². The van der Waals surface area contributed by atoms with Gasteiger partial charge in [-0.05, 0) is 12.8 Å². The number of carboxylic acids is 1. The lowest BCUT2D eigenvalue weighted by atomic mass is 10.2. The van der Waals surface area contributed by atoms with Crippen molar-refractivity contribution in [1.29, 1.82) is 0 Å². The summed E-state index contributed by atoms with van der Waals surface area (Å²) in [7, 11) is 0. The normalized spacial score (nSPS) is 15.5. The highest BCUT2D eigenvalue weighted by atomic mass is 35.5. The predicted molar refractivity (Wildman–Crippen MR) is 50.4 cm³/mol. The van der Waals surface area contributed by atoms with Gasteiger partial charge < -0.3 is 5.11 Å². The number of hydrogen-bond donors (Lipinski definition) is 1. The van der Waals surface area contributed by atoms with Crippen LogP contribution in [0.1, 0.15) is 30.1 Å². The van der Waals surface area contributed by atoms with Crippen molar-refractivity contribution < 1.29 is 9.90 Å². The number of carboxylic acid groups (broad SMARTS) is 1. The summed E-state index contributed by atoms with van der Waals surface area (Å²) in [6.07, 6.45) is 3.60. The summed E-state index contributed by atoms with van der Waals surface area (Å²) in [5.41, 5.74) is 0.476. The summed E-state index contributed by atoms with van der Waals surface area (Å²) in [6, 6.07) is 0. The van der Waals surface area contributed by atoms with Crippen LogP contribution in [0.25, 0.3) is 0 Å². The van der Waals surface area contributed by atoms with Crippen molar-refractivity contribution in [3.8, 4) is 0 Å². The van der Waals surface area contributed by atoms with Gasteiger partial charge in [0.15, 0.2) is 0 Å². The summed E-state index contributed by atoms with van der Waals surface area (Å²) >= 11 is 5.83. The number of carbonyl (C=O) groups is 1. The minimum atomic E-state index is -0.922. The first-order valence-corrected chi connectivity index (χ1v) is 4.77. The largest absolute Gasteiger partial charge is 0.481 e. The Labute approximate surface area is 85.9 Å². The molecule has 2 rings (SSSR count). The van der Waals surface area contributed by atoms with E-state index in [9.17, 15) is 4.79 Å². The Bertz CT molecular complexity index is 377. The zero-order chi connectivity index (χ0) is 10.1. The second-order valence-electron chi connectivity index (χ2n) is 3.39. The average molecular weight is 213 g/mol. The third kappa shape index (κ3) is 2.01. The van der Waals surface area contributed by atoms with Gasteiger partial charge in [0, 0.05) is 17.7 Å². The minimum Gasteiger partial charge on any atom is -0.481 e. The molecule has 0 spiro atoms.